The summed E-state index contributed by atoms with van der Waals surface area (Å²) in [6.07, 6.45) is 4.11. The maximum atomic E-state index is 14.1. The molecule has 188 valence electrons. The number of likely N-dealkylation sites (tertiary alicyclic amines) is 1. The van der Waals surface area contributed by atoms with Gasteiger partial charge in [0.2, 0.25) is 5.91 Å². The van der Waals surface area contributed by atoms with Crippen LogP contribution in [-0.4, -0.2) is 46.6 Å². The molecule has 2 aromatic carbocycles. The number of primary amides is 1. The van der Waals surface area contributed by atoms with Crippen molar-refractivity contribution in [2.75, 3.05) is 18.5 Å². The molecule has 1 atom stereocenters. The minimum absolute atomic E-state index is 0.0295. The first kappa shape index (κ1) is 25.1. The smallest absolute Gasteiger partial charge is 0.323 e. The number of nitrogens with zero attached hydrogens (tertiary/aromatic N) is 2. The molecule has 0 radical (unpaired) electrons. The van der Waals surface area contributed by atoms with Gasteiger partial charge in [0.05, 0.1) is 16.2 Å². The molecular weight excluding hydrogens is 489 g/mol. The second kappa shape index (κ2) is 10.7. The van der Waals surface area contributed by atoms with Crippen LogP contribution in [0.4, 0.5) is 19.7 Å². The fourth-order valence-electron chi connectivity index (χ4n) is 4.19. The Morgan fingerprint density at radius 3 is 2.83 bits per heavy atom. The second-order valence-corrected chi connectivity index (χ2v) is 8.65. The molecule has 11 heteroatoms. The van der Waals surface area contributed by atoms with Gasteiger partial charge in [-0.25, -0.2) is 14.0 Å². The molecule has 9 nitrogen and oxygen atoms in total. The third kappa shape index (κ3) is 5.13. The third-order valence-corrected chi connectivity index (χ3v) is 6.22. The lowest BCUT2D eigenvalue weighted by atomic mass is 10.1. The Hall–Kier alpha value is -4.05. The molecule has 4 rings (SSSR count). The number of rotatable bonds is 7. The molecule has 0 saturated carbocycles. The highest BCUT2D eigenvalue weighted by Crippen LogP contribution is 2.30. The lowest BCUT2D eigenvalue weighted by Gasteiger charge is -2.24. The van der Waals surface area contributed by atoms with Crippen molar-refractivity contribution in [2.24, 2.45) is 5.73 Å². The maximum absolute atomic E-state index is 14.1. The number of aromatic nitrogens is 1. The first-order chi connectivity index (χ1) is 17.3. The summed E-state index contributed by atoms with van der Waals surface area (Å²) in [5.74, 6) is -0.483. The normalized spacial score (nSPS) is 15.1. The number of benzene rings is 2. The molecular formula is C25H25ClFN5O4. The van der Waals surface area contributed by atoms with Gasteiger partial charge < -0.3 is 26.0 Å². The molecule has 0 spiro atoms. The summed E-state index contributed by atoms with van der Waals surface area (Å²) in [6.45, 7) is 4.20. The average molecular weight is 514 g/mol. The Labute approximate surface area is 211 Å². The molecule has 1 fully saturated rings. The lowest BCUT2D eigenvalue weighted by molar-refractivity contribution is -0.124. The molecule has 0 unspecified atom stereocenters. The summed E-state index contributed by atoms with van der Waals surface area (Å²) >= 11 is 5.80. The van der Waals surface area contributed by atoms with Crippen molar-refractivity contribution >= 4 is 46.2 Å². The van der Waals surface area contributed by atoms with Crippen molar-refractivity contribution in [3.63, 3.8) is 0 Å². The second-order valence-electron chi connectivity index (χ2n) is 8.24. The van der Waals surface area contributed by atoms with Crippen molar-refractivity contribution in [3.05, 3.63) is 71.7 Å². The molecule has 2 heterocycles. The van der Waals surface area contributed by atoms with Crippen molar-refractivity contribution in [1.82, 2.24) is 14.8 Å². The van der Waals surface area contributed by atoms with Crippen molar-refractivity contribution in [1.29, 1.82) is 0 Å². The predicted molar refractivity (Wildman–Crippen MR) is 135 cm³/mol. The zero-order valence-corrected chi connectivity index (χ0v) is 20.1. The molecule has 1 aliphatic heterocycles. The number of halogens is 2. The summed E-state index contributed by atoms with van der Waals surface area (Å²) in [5.41, 5.74) is 6.58. The van der Waals surface area contributed by atoms with E-state index >= 15 is 0 Å². The molecule has 4 N–H and O–H groups in total. The highest BCUT2D eigenvalue weighted by atomic mass is 35.5. The van der Waals surface area contributed by atoms with E-state index in [0.717, 1.165) is 0 Å². The minimum Gasteiger partial charge on any atom is -0.489 e. The van der Waals surface area contributed by atoms with Gasteiger partial charge >= 0.3 is 12.1 Å². The molecule has 0 bridgehead atoms. The molecule has 1 saturated heterocycles. The van der Waals surface area contributed by atoms with Crippen LogP contribution in [0.5, 0.6) is 5.75 Å². The van der Waals surface area contributed by atoms with Crippen LogP contribution in [0.25, 0.3) is 10.9 Å². The number of hydrogen-bond donors (Lipinski definition) is 3. The molecule has 0 aliphatic carbocycles. The van der Waals surface area contributed by atoms with Gasteiger partial charge in [-0.05, 0) is 31.0 Å². The van der Waals surface area contributed by atoms with E-state index in [1.54, 1.807) is 30.3 Å². The van der Waals surface area contributed by atoms with E-state index in [1.165, 1.54) is 27.8 Å². The molecule has 1 aliphatic rings. The van der Waals surface area contributed by atoms with E-state index in [0.29, 0.717) is 41.7 Å². The van der Waals surface area contributed by atoms with Gasteiger partial charge in [0.25, 0.3) is 0 Å². The highest BCUT2D eigenvalue weighted by molar-refractivity contribution is 6.30. The monoisotopic (exact) mass is 513 g/mol. The van der Waals surface area contributed by atoms with Crippen LogP contribution >= 0.6 is 11.6 Å². The van der Waals surface area contributed by atoms with Crippen LogP contribution < -0.4 is 21.1 Å². The fourth-order valence-corrected chi connectivity index (χ4v) is 4.38. The van der Waals surface area contributed by atoms with E-state index in [1.807, 2.05) is 0 Å². The molecule has 1 aromatic heterocycles. The van der Waals surface area contributed by atoms with Crippen LogP contribution in [0, 0.1) is 5.82 Å². The minimum atomic E-state index is -0.729. The van der Waals surface area contributed by atoms with Gasteiger partial charge in [0.1, 0.15) is 24.2 Å². The lowest BCUT2D eigenvalue weighted by Crippen LogP contribution is -2.47. The Balaban J connectivity index is 1.49. The summed E-state index contributed by atoms with van der Waals surface area (Å²) in [7, 11) is 0. The zero-order chi connectivity index (χ0) is 25.8. The quantitative estimate of drug-likeness (QED) is 0.409. The number of hydrogen-bond acceptors (Lipinski definition) is 4. The Kier molecular flexibility index (Phi) is 7.44. The number of carbonyl (C=O) groups is 3. The van der Waals surface area contributed by atoms with Crippen molar-refractivity contribution in [3.8, 4) is 5.75 Å². The first-order valence-corrected chi connectivity index (χ1v) is 11.6. The van der Waals surface area contributed by atoms with Crippen LogP contribution in [0.15, 0.2) is 55.3 Å². The van der Waals surface area contributed by atoms with Gasteiger partial charge in [-0.15, -0.1) is 0 Å². The van der Waals surface area contributed by atoms with Gasteiger partial charge in [-0.2, -0.15) is 0 Å². The number of ether oxygens (including phenoxy) is 1. The SMILES string of the molecule is C=CCOc1ccc2c(NC(=O)N3CCC[C@H]3C(=O)NCc3cccc(Cl)c3F)cn(C(N)=O)c2c1. The fraction of sp³-hybridized carbons (Fsp3) is 0.240. The van der Waals surface area contributed by atoms with Gasteiger partial charge in [-0.1, -0.05) is 36.4 Å². The van der Waals surface area contributed by atoms with Crippen LogP contribution in [0.1, 0.15) is 18.4 Å². The number of nitrogens with two attached hydrogens (primary N) is 1. The van der Waals surface area contributed by atoms with E-state index in [-0.39, 0.29) is 23.7 Å². The third-order valence-electron chi connectivity index (χ3n) is 5.92. The van der Waals surface area contributed by atoms with Gasteiger partial charge in [0.15, 0.2) is 0 Å². The predicted octanol–water partition coefficient (Wildman–Crippen LogP) is 4.24. The number of fused-ring (bicyclic) bond motifs is 1. The molecule has 36 heavy (non-hydrogen) atoms. The molecule has 3 aromatic rings. The summed E-state index contributed by atoms with van der Waals surface area (Å²) in [5, 5.41) is 6.01. The van der Waals surface area contributed by atoms with Crippen LogP contribution in [-0.2, 0) is 11.3 Å². The molecule has 4 amide bonds. The van der Waals surface area contributed by atoms with E-state index in [9.17, 15) is 18.8 Å². The van der Waals surface area contributed by atoms with Gasteiger partial charge in [-0.3, -0.25) is 9.36 Å². The number of amides is 4. The number of anilines is 1. The maximum Gasteiger partial charge on any atom is 0.323 e. The summed E-state index contributed by atoms with van der Waals surface area (Å²) in [4.78, 5) is 39.4. The Bertz CT molecular complexity index is 1340. The topological polar surface area (TPSA) is 119 Å². The number of urea groups is 1. The van der Waals surface area contributed by atoms with Crippen LogP contribution in [0.2, 0.25) is 5.02 Å². The standard InChI is InChI=1S/C25H25ClFN5O4/c1-2-11-36-16-8-9-17-19(14-32(24(28)34)21(17)12-16)30-25(35)31-10-4-7-20(31)23(33)29-13-15-5-3-6-18(26)22(15)27/h2-3,5-6,8-9,12,14,20H,1,4,7,10-11,13H2,(H2,28,34)(H,29,33)(H,30,35)/t20-/m0/s1. The Morgan fingerprint density at radius 1 is 1.28 bits per heavy atom. The van der Waals surface area contributed by atoms with Crippen LogP contribution in [0.3, 0.4) is 0 Å². The van der Waals surface area contributed by atoms with E-state index in [4.69, 9.17) is 22.1 Å². The highest BCUT2D eigenvalue weighted by Gasteiger charge is 2.34. The summed E-state index contributed by atoms with van der Waals surface area (Å²) in [6, 6.07) is 7.64. The number of nitrogens with one attached hydrogen (secondary N) is 2. The van der Waals surface area contributed by atoms with Crippen molar-refractivity contribution < 1.29 is 23.5 Å². The van der Waals surface area contributed by atoms with E-state index < -0.39 is 29.8 Å². The van der Waals surface area contributed by atoms with E-state index in [2.05, 4.69) is 17.2 Å². The Morgan fingerprint density at radius 2 is 2.08 bits per heavy atom. The van der Waals surface area contributed by atoms with Gasteiger partial charge in [0, 0.05) is 36.3 Å². The largest absolute Gasteiger partial charge is 0.489 e. The zero-order valence-electron chi connectivity index (χ0n) is 19.3. The summed E-state index contributed by atoms with van der Waals surface area (Å²) < 4.78 is 20.9. The van der Waals surface area contributed by atoms with Crippen molar-refractivity contribution in [2.45, 2.75) is 25.4 Å². The number of carbonyl (C=O) groups excluding carboxylic acids is 3. The average Bonchev–Trinajstić information content (AvgIpc) is 3.49. The first-order valence-electron chi connectivity index (χ1n) is 11.3.